The van der Waals surface area contributed by atoms with Crippen LogP contribution in [0, 0.1) is 0 Å². The smallest absolute Gasteiger partial charge is 0.335 e. The van der Waals surface area contributed by atoms with E-state index in [0.29, 0.717) is 17.1 Å². The molecule has 0 bridgehead atoms. The van der Waals surface area contributed by atoms with Crippen molar-refractivity contribution in [3.05, 3.63) is 59.7 Å². The first-order valence-corrected chi connectivity index (χ1v) is 6.66. The fourth-order valence-corrected chi connectivity index (χ4v) is 1.91. The Morgan fingerprint density at radius 2 is 1.71 bits per heavy atom. The molecule has 6 heteroatoms. The number of aromatic carboxylic acids is 1. The standard InChI is InChI=1S/C15H14N2O3S/c18-14(19)11-7-5-10(6-8-11)9-16-15(20)17-12-3-1-2-4-13(12)21/h1-8,21H,9H2,(H,18,19)(H2,16,17,20). The summed E-state index contributed by atoms with van der Waals surface area (Å²) < 4.78 is 0. The number of nitrogens with one attached hydrogen (secondary N) is 2. The van der Waals surface area contributed by atoms with E-state index in [9.17, 15) is 9.59 Å². The molecular weight excluding hydrogens is 288 g/mol. The van der Waals surface area contributed by atoms with Crippen LogP contribution in [0.4, 0.5) is 10.5 Å². The van der Waals surface area contributed by atoms with Crippen molar-refractivity contribution in [2.24, 2.45) is 0 Å². The number of thiol groups is 1. The fraction of sp³-hybridized carbons (Fsp3) is 0.0667. The van der Waals surface area contributed by atoms with Gasteiger partial charge in [-0.15, -0.1) is 12.6 Å². The Morgan fingerprint density at radius 3 is 2.33 bits per heavy atom. The zero-order valence-electron chi connectivity index (χ0n) is 11.0. The third-order valence-electron chi connectivity index (χ3n) is 2.81. The Bertz CT molecular complexity index is 656. The molecule has 0 aliphatic rings. The van der Waals surface area contributed by atoms with Crippen LogP contribution in [0.3, 0.4) is 0 Å². The van der Waals surface area contributed by atoms with Crippen molar-refractivity contribution >= 4 is 30.3 Å². The minimum atomic E-state index is -0.974. The molecule has 21 heavy (non-hydrogen) atoms. The molecule has 5 nitrogen and oxygen atoms in total. The second-order valence-electron chi connectivity index (χ2n) is 4.33. The van der Waals surface area contributed by atoms with Gasteiger partial charge in [0.2, 0.25) is 0 Å². The number of carboxylic acids is 1. The lowest BCUT2D eigenvalue weighted by Crippen LogP contribution is -2.28. The number of anilines is 1. The largest absolute Gasteiger partial charge is 0.478 e. The predicted molar refractivity (Wildman–Crippen MR) is 83.0 cm³/mol. The highest BCUT2D eigenvalue weighted by Gasteiger charge is 2.05. The molecule has 2 rings (SSSR count). The van der Waals surface area contributed by atoms with Crippen molar-refractivity contribution in [3.8, 4) is 0 Å². The van der Waals surface area contributed by atoms with E-state index in [2.05, 4.69) is 23.3 Å². The molecule has 0 saturated heterocycles. The van der Waals surface area contributed by atoms with Gasteiger partial charge in [-0.1, -0.05) is 24.3 Å². The Hall–Kier alpha value is -2.47. The second kappa shape index (κ2) is 6.81. The van der Waals surface area contributed by atoms with Crippen LogP contribution in [0.2, 0.25) is 0 Å². The maximum absolute atomic E-state index is 11.8. The van der Waals surface area contributed by atoms with Gasteiger partial charge in [0.25, 0.3) is 0 Å². The fourth-order valence-electron chi connectivity index (χ4n) is 1.69. The van der Waals surface area contributed by atoms with E-state index < -0.39 is 5.97 Å². The number of amides is 2. The quantitative estimate of drug-likeness (QED) is 0.656. The second-order valence-corrected chi connectivity index (χ2v) is 4.81. The number of carbonyl (C=O) groups is 2. The maximum Gasteiger partial charge on any atom is 0.335 e. The predicted octanol–water partition coefficient (Wildman–Crippen LogP) is 3.00. The Labute approximate surface area is 127 Å². The van der Waals surface area contributed by atoms with Crippen molar-refractivity contribution < 1.29 is 14.7 Å². The summed E-state index contributed by atoms with van der Waals surface area (Å²) in [5.74, 6) is -0.974. The van der Waals surface area contributed by atoms with Crippen LogP contribution in [0.1, 0.15) is 15.9 Å². The van der Waals surface area contributed by atoms with Crippen LogP contribution in [-0.4, -0.2) is 17.1 Å². The highest BCUT2D eigenvalue weighted by Crippen LogP contribution is 2.18. The molecule has 0 aromatic heterocycles. The van der Waals surface area contributed by atoms with Gasteiger partial charge in [0.1, 0.15) is 0 Å². The molecule has 3 N–H and O–H groups in total. The minimum absolute atomic E-state index is 0.215. The van der Waals surface area contributed by atoms with Gasteiger partial charge >= 0.3 is 12.0 Å². The third-order valence-corrected chi connectivity index (χ3v) is 3.20. The molecule has 2 aromatic carbocycles. The van der Waals surface area contributed by atoms with E-state index in [4.69, 9.17) is 5.11 Å². The van der Waals surface area contributed by atoms with Crippen LogP contribution < -0.4 is 10.6 Å². The van der Waals surface area contributed by atoms with Crippen LogP contribution in [0.15, 0.2) is 53.4 Å². The molecule has 0 radical (unpaired) electrons. The van der Waals surface area contributed by atoms with Crippen LogP contribution >= 0.6 is 12.6 Å². The van der Waals surface area contributed by atoms with E-state index in [0.717, 1.165) is 5.56 Å². The van der Waals surface area contributed by atoms with Crippen molar-refractivity contribution in [1.82, 2.24) is 5.32 Å². The highest BCUT2D eigenvalue weighted by atomic mass is 32.1. The van der Waals surface area contributed by atoms with Crippen LogP contribution in [0.5, 0.6) is 0 Å². The first-order valence-electron chi connectivity index (χ1n) is 6.21. The zero-order chi connectivity index (χ0) is 15.2. The lowest BCUT2D eigenvalue weighted by Gasteiger charge is -2.09. The average molecular weight is 302 g/mol. The first-order chi connectivity index (χ1) is 10.1. The number of carboxylic acid groups (broad SMARTS) is 1. The normalized spacial score (nSPS) is 9.95. The van der Waals surface area contributed by atoms with Gasteiger partial charge in [0.15, 0.2) is 0 Å². The molecule has 2 amide bonds. The Balaban J connectivity index is 1.89. The molecule has 0 aliphatic heterocycles. The van der Waals surface area contributed by atoms with Crippen LogP contribution in [0.25, 0.3) is 0 Å². The summed E-state index contributed by atoms with van der Waals surface area (Å²) in [6.45, 7) is 0.306. The summed E-state index contributed by atoms with van der Waals surface area (Å²) >= 11 is 4.24. The first kappa shape index (κ1) is 14.9. The molecule has 0 unspecified atom stereocenters. The van der Waals surface area contributed by atoms with Crippen molar-refractivity contribution in [2.75, 3.05) is 5.32 Å². The van der Waals surface area contributed by atoms with Gasteiger partial charge in [-0.2, -0.15) is 0 Å². The van der Waals surface area contributed by atoms with E-state index in [-0.39, 0.29) is 11.6 Å². The maximum atomic E-state index is 11.8. The van der Waals surface area contributed by atoms with Gasteiger partial charge in [-0.05, 0) is 29.8 Å². The molecule has 0 spiro atoms. The molecule has 0 saturated carbocycles. The lowest BCUT2D eigenvalue weighted by atomic mass is 10.1. The average Bonchev–Trinajstić information content (AvgIpc) is 2.48. The summed E-state index contributed by atoms with van der Waals surface area (Å²) in [6.07, 6.45) is 0. The Morgan fingerprint density at radius 1 is 1.05 bits per heavy atom. The van der Waals surface area contributed by atoms with Crippen molar-refractivity contribution in [3.63, 3.8) is 0 Å². The van der Waals surface area contributed by atoms with E-state index in [1.807, 2.05) is 6.07 Å². The van der Waals surface area contributed by atoms with E-state index >= 15 is 0 Å². The monoisotopic (exact) mass is 302 g/mol. The summed E-state index contributed by atoms with van der Waals surface area (Å²) in [5, 5.41) is 14.2. The summed E-state index contributed by atoms with van der Waals surface area (Å²) in [4.78, 5) is 23.2. The van der Waals surface area contributed by atoms with Crippen molar-refractivity contribution in [2.45, 2.75) is 11.4 Å². The van der Waals surface area contributed by atoms with Crippen LogP contribution in [-0.2, 0) is 6.54 Å². The minimum Gasteiger partial charge on any atom is -0.478 e. The summed E-state index contributed by atoms with van der Waals surface area (Å²) in [5.41, 5.74) is 1.65. The molecule has 0 fully saturated rings. The number of benzene rings is 2. The molecule has 108 valence electrons. The molecule has 0 atom stereocenters. The number of para-hydroxylation sites is 1. The van der Waals surface area contributed by atoms with E-state index in [1.54, 1.807) is 30.3 Å². The number of carbonyl (C=O) groups excluding carboxylic acids is 1. The SMILES string of the molecule is O=C(NCc1ccc(C(=O)O)cc1)Nc1ccccc1S. The van der Waals surface area contributed by atoms with Gasteiger partial charge in [0, 0.05) is 11.4 Å². The number of rotatable bonds is 4. The molecule has 0 heterocycles. The van der Waals surface area contributed by atoms with Crippen molar-refractivity contribution in [1.29, 1.82) is 0 Å². The lowest BCUT2D eigenvalue weighted by molar-refractivity contribution is 0.0697. The highest BCUT2D eigenvalue weighted by molar-refractivity contribution is 7.80. The molecule has 0 aliphatic carbocycles. The van der Waals surface area contributed by atoms with Gasteiger partial charge in [-0.25, -0.2) is 9.59 Å². The third kappa shape index (κ3) is 4.25. The van der Waals surface area contributed by atoms with Gasteiger partial charge in [0.05, 0.1) is 11.3 Å². The zero-order valence-corrected chi connectivity index (χ0v) is 11.9. The molecule has 2 aromatic rings. The Kier molecular flexibility index (Phi) is 4.84. The van der Waals surface area contributed by atoms with E-state index in [1.165, 1.54) is 12.1 Å². The molecular formula is C15H14N2O3S. The van der Waals surface area contributed by atoms with Gasteiger partial charge < -0.3 is 15.7 Å². The topological polar surface area (TPSA) is 78.4 Å². The number of hydrogen-bond donors (Lipinski definition) is 4. The number of urea groups is 1. The number of hydrogen-bond acceptors (Lipinski definition) is 3. The van der Waals surface area contributed by atoms with Gasteiger partial charge in [-0.3, -0.25) is 0 Å². The summed E-state index contributed by atoms with van der Waals surface area (Å²) in [6, 6.07) is 13.1. The summed E-state index contributed by atoms with van der Waals surface area (Å²) in [7, 11) is 0.